The molecule has 1 aromatic carbocycles. The molecule has 0 N–H and O–H groups in total. The lowest BCUT2D eigenvalue weighted by Gasteiger charge is -2.02. The van der Waals surface area contributed by atoms with Crippen molar-refractivity contribution in [2.75, 3.05) is 7.11 Å². The fourth-order valence-corrected chi connectivity index (χ4v) is 2.14. The van der Waals surface area contributed by atoms with Crippen molar-refractivity contribution in [1.29, 1.82) is 0 Å². The number of carbonyl (C=O) groups excluding carboxylic acids is 2. The lowest BCUT2D eigenvalue weighted by molar-refractivity contribution is 0.108. The van der Waals surface area contributed by atoms with E-state index in [-0.39, 0.29) is 16.5 Å². The van der Waals surface area contributed by atoms with Crippen molar-refractivity contribution in [1.82, 2.24) is 4.98 Å². The molecular formula is C14H11NO3S. The van der Waals surface area contributed by atoms with Gasteiger partial charge in [-0.15, -0.1) is 0 Å². The quantitative estimate of drug-likeness (QED) is 0.633. The first-order valence-corrected chi connectivity index (χ1v) is 6.33. The first-order valence-electron chi connectivity index (χ1n) is 5.51. The van der Waals surface area contributed by atoms with E-state index in [1.54, 1.807) is 49.6 Å². The fraction of sp³-hybridized carbons (Fsp3) is 0.0714. The van der Waals surface area contributed by atoms with Gasteiger partial charge in [0.15, 0.2) is 6.29 Å². The van der Waals surface area contributed by atoms with Gasteiger partial charge in [0.05, 0.1) is 7.11 Å². The first-order chi connectivity index (χ1) is 9.22. The maximum Gasteiger partial charge on any atom is 0.242 e. The minimum absolute atomic E-state index is 0.200. The minimum Gasteiger partial charge on any atom is -0.497 e. The second kappa shape index (κ2) is 6.15. The normalized spacial score (nSPS) is 9.95. The third-order valence-electron chi connectivity index (χ3n) is 2.37. The Morgan fingerprint density at radius 3 is 2.58 bits per heavy atom. The summed E-state index contributed by atoms with van der Waals surface area (Å²) in [7, 11) is 1.59. The van der Waals surface area contributed by atoms with E-state index in [4.69, 9.17) is 4.74 Å². The topological polar surface area (TPSA) is 56.3 Å². The molecular weight excluding hydrogens is 262 g/mol. The van der Waals surface area contributed by atoms with Gasteiger partial charge in [0.1, 0.15) is 17.1 Å². The molecule has 1 aromatic heterocycles. The van der Waals surface area contributed by atoms with E-state index < -0.39 is 0 Å². The van der Waals surface area contributed by atoms with E-state index in [1.165, 1.54) is 0 Å². The third-order valence-corrected chi connectivity index (χ3v) is 3.27. The summed E-state index contributed by atoms with van der Waals surface area (Å²) in [6, 6.07) is 11.9. The van der Waals surface area contributed by atoms with Gasteiger partial charge in [-0.2, -0.15) is 0 Å². The average molecular weight is 273 g/mol. The number of carbonyl (C=O) groups is 2. The van der Waals surface area contributed by atoms with Crippen LogP contribution in [-0.4, -0.2) is 23.5 Å². The molecule has 0 aliphatic heterocycles. The van der Waals surface area contributed by atoms with Gasteiger partial charge in [-0.05, 0) is 48.2 Å². The van der Waals surface area contributed by atoms with Gasteiger partial charge in [-0.25, -0.2) is 4.98 Å². The number of hydrogen-bond acceptors (Lipinski definition) is 5. The zero-order valence-corrected chi connectivity index (χ0v) is 11.0. The van der Waals surface area contributed by atoms with E-state index in [9.17, 15) is 9.59 Å². The van der Waals surface area contributed by atoms with Crippen LogP contribution in [0.2, 0.25) is 0 Å². The summed E-state index contributed by atoms with van der Waals surface area (Å²) >= 11 is 1.06. The summed E-state index contributed by atoms with van der Waals surface area (Å²) in [5.74, 6) is 0.734. The number of methoxy groups -OCH3 is 1. The van der Waals surface area contributed by atoms with Gasteiger partial charge in [0.25, 0.3) is 0 Å². The SMILES string of the molecule is COc1ccc(SC(=O)c2cccc(C=O)n2)cc1. The summed E-state index contributed by atoms with van der Waals surface area (Å²) in [4.78, 5) is 27.4. The molecule has 0 bridgehead atoms. The minimum atomic E-state index is -0.200. The summed E-state index contributed by atoms with van der Waals surface area (Å²) in [5, 5.41) is -0.200. The Morgan fingerprint density at radius 2 is 1.95 bits per heavy atom. The molecule has 2 aromatic rings. The lowest BCUT2D eigenvalue weighted by Crippen LogP contribution is -1.99. The number of aldehydes is 1. The highest BCUT2D eigenvalue weighted by Crippen LogP contribution is 2.24. The van der Waals surface area contributed by atoms with Crippen LogP contribution in [0, 0.1) is 0 Å². The number of hydrogen-bond donors (Lipinski definition) is 0. The van der Waals surface area contributed by atoms with Gasteiger partial charge < -0.3 is 4.74 Å². The van der Waals surface area contributed by atoms with Gasteiger partial charge >= 0.3 is 0 Å². The second-order valence-corrected chi connectivity index (χ2v) is 4.68. The maximum atomic E-state index is 12.0. The van der Waals surface area contributed by atoms with Crippen LogP contribution in [0.15, 0.2) is 47.4 Å². The van der Waals surface area contributed by atoms with Crippen molar-refractivity contribution in [3.05, 3.63) is 53.9 Å². The monoisotopic (exact) mass is 273 g/mol. The van der Waals surface area contributed by atoms with Crippen molar-refractivity contribution in [2.24, 2.45) is 0 Å². The molecule has 0 spiro atoms. The fourth-order valence-electron chi connectivity index (χ4n) is 1.43. The van der Waals surface area contributed by atoms with Crippen LogP contribution < -0.4 is 4.74 Å². The number of ether oxygens (including phenoxy) is 1. The Hall–Kier alpha value is -2.14. The van der Waals surface area contributed by atoms with Crippen LogP contribution in [0.1, 0.15) is 21.0 Å². The highest BCUT2D eigenvalue weighted by atomic mass is 32.2. The number of benzene rings is 1. The molecule has 0 unspecified atom stereocenters. The molecule has 0 fully saturated rings. The van der Waals surface area contributed by atoms with Crippen LogP contribution in [0.25, 0.3) is 0 Å². The van der Waals surface area contributed by atoms with Crippen LogP contribution >= 0.6 is 11.8 Å². The van der Waals surface area contributed by atoms with Gasteiger partial charge in [-0.3, -0.25) is 9.59 Å². The lowest BCUT2D eigenvalue weighted by atomic mass is 10.3. The van der Waals surface area contributed by atoms with Crippen molar-refractivity contribution in [3.8, 4) is 5.75 Å². The Labute approximate surface area is 114 Å². The van der Waals surface area contributed by atoms with Gasteiger partial charge in [0.2, 0.25) is 5.12 Å². The summed E-state index contributed by atoms with van der Waals surface area (Å²) in [5.41, 5.74) is 0.520. The van der Waals surface area contributed by atoms with Gasteiger partial charge in [-0.1, -0.05) is 6.07 Å². The Kier molecular flexibility index (Phi) is 4.30. The Bertz CT molecular complexity index is 596. The zero-order valence-electron chi connectivity index (χ0n) is 10.2. The van der Waals surface area contributed by atoms with E-state index in [2.05, 4.69) is 4.98 Å². The van der Waals surface area contributed by atoms with Crippen molar-refractivity contribution in [2.45, 2.75) is 4.90 Å². The standard InChI is InChI=1S/C14H11NO3S/c1-18-11-5-7-12(8-6-11)19-14(17)13-4-2-3-10(9-16)15-13/h2-9H,1H3. The van der Waals surface area contributed by atoms with Crippen molar-refractivity contribution in [3.63, 3.8) is 0 Å². The number of nitrogens with zero attached hydrogens (tertiary/aromatic N) is 1. The molecule has 4 nitrogen and oxygen atoms in total. The molecule has 2 rings (SSSR count). The van der Waals surface area contributed by atoms with Crippen LogP contribution in [0.4, 0.5) is 0 Å². The van der Waals surface area contributed by atoms with E-state index in [0.29, 0.717) is 6.29 Å². The Morgan fingerprint density at radius 1 is 1.21 bits per heavy atom. The third kappa shape index (κ3) is 3.42. The number of thioether (sulfide) groups is 1. The smallest absolute Gasteiger partial charge is 0.242 e. The second-order valence-electron chi connectivity index (χ2n) is 3.63. The molecule has 0 aliphatic rings. The number of pyridine rings is 1. The number of rotatable bonds is 4. The Balaban J connectivity index is 2.13. The highest BCUT2D eigenvalue weighted by Gasteiger charge is 2.10. The van der Waals surface area contributed by atoms with Crippen LogP contribution in [-0.2, 0) is 0 Å². The molecule has 19 heavy (non-hydrogen) atoms. The molecule has 0 aliphatic carbocycles. The van der Waals surface area contributed by atoms with Crippen molar-refractivity contribution < 1.29 is 14.3 Å². The molecule has 0 amide bonds. The summed E-state index contributed by atoms with van der Waals surface area (Å²) in [6.07, 6.45) is 0.620. The van der Waals surface area contributed by atoms with Crippen LogP contribution in [0.3, 0.4) is 0 Å². The summed E-state index contributed by atoms with van der Waals surface area (Å²) < 4.78 is 5.04. The van der Waals surface area contributed by atoms with E-state index >= 15 is 0 Å². The number of aromatic nitrogens is 1. The average Bonchev–Trinajstić information content (AvgIpc) is 2.48. The molecule has 96 valence electrons. The molecule has 5 heteroatoms. The van der Waals surface area contributed by atoms with E-state index in [0.717, 1.165) is 22.4 Å². The molecule has 1 heterocycles. The van der Waals surface area contributed by atoms with Crippen molar-refractivity contribution >= 4 is 23.2 Å². The van der Waals surface area contributed by atoms with Crippen LogP contribution in [0.5, 0.6) is 5.75 Å². The molecule has 0 radical (unpaired) electrons. The highest BCUT2D eigenvalue weighted by molar-refractivity contribution is 8.14. The largest absolute Gasteiger partial charge is 0.497 e. The maximum absolute atomic E-state index is 12.0. The summed E-state index contributed by atoms with van der Waals surface area (Å²) in [6.45, 7) is 0. The molecule has 0 saturated carbocycles. The predicted molar refractivity (Wildman–Crippen MR) is 72.8 cm³/mol. The van der Waals surface area contributed by atoms with Gasteiger partial charge in [0, 0.05) is 4.90 Å². The molecule has 0 saturated heterocycles. The zero-order chi connectivity index (χ0) is 13.7. The molecule has 0 atom stereocenters. The van der Waals surface area contributed by atoms with E-state index in [1.807, 2.05) is 0 Å². The first kappa shape index (κ1) is 13.3. The predicted octanol–water partition coefficient (Wildman–Crippen LogP) is 2.84.